The van der Waals surface area contributed by atoms with Gasteiger partial charge < -0.3 is 13.9 Å². The van der Waals surface area contributed by atoms with Gasteiger partial charge >= 0.3 is 5.97 Å². The molecular weight excluding hydrogens is 172 g/mol. The third kappa shape index (κ3) is 1.89. The van der Waals surface area contributed by atoms with Gasteiger partial charge in [0.1, 0.15) is 5.76 Å². The first-order valence-electron chi connectivity index (χ1n) is 4.08. The Kier molecular flexibility index (Phi) is 2.06. The number of esters is 1. The molecule has 13 heavy (non-hydrogen) atoms. The molecule has 0 N–H and O–H groups in total. The highest BCUT2D eigenvalue weighted by Crippen LogP contribution is 2.18. The zero-order valence-electron chi connectivity index (χ0n) is 7.28. The minimum atomic E-state index is -0.442. The summed E-state index contributed by atoms with van der Waals surface area (Å²) in [5.74, 6) is 0.573. The van der Waals surface area contributed by atoms with E-state index in [1.165, 1.54) is 7.11 Å². The molecule has 0 amide bonds. The second-order valence-electron chi connectivity index (χ2n) is 2.92. The lowest BCUT2D eigenvalue weighted by atomic mass is 10.3. The molecule has 0 bridgehead atoms. The molecule has 4 heteroatoms. The van der Waals surface area contributed by atoms with Crippen molar-refractivity contribution in [2.24, 2.45) is 0 Å². The fourth-order valence-electron chi connectivity index (χ4n) is 1.11. The van der Waals surface area contributed by atoms with Gasteiger partial charge in [0.15, 0.2) is 0 Å². The number of ether oxygens (including phenoxy) is 2. The maximum Gasteiger partial charge on any atom is 0.373 e. The summed E-state index contributed by atoms with van der Waals surface area (Å²) in [5, 5.41) is 0. The van der Waals surface area contributed by atoms with Crippen LogP contribution in [0, 0.1) is 0 Å². The molecular formula is C9H10O4. The van der Waals surface area contributed by atoms with E-state index in [9.17, 15) is 4.79 Å². The number of carbonyl (C=O) groups is 1. The van der Waals surface area contributed by atoms with Crippen molar-refractivity contribution in [1.29, 1.82) is 0 Å². The van der Waals surface area contributed by atoms with Crippen molar-refractivity contribution in [3.05, 3.63) is 23.7 Å². The predicted molar refractivity (Wildman–Crippen MR) is 43.5 cm³/mol. The second kappa shape index (κ2) is 3.22. The van der Waals surface area contributed by atoms with Crippen molar-refractivity contribution in [1.82, 2.24) is 0 Å². The van der Waals surface area contributed by atoms with Gasteiger partial charge in [-0.1, -0.05) is 0 Å². The Balaban J connectivity index is 2.03. The largest absolute Gasteiger partial charge is 0.463 e. The lowest BCUT2D eigenvalue weighted by molar-refractivity contribution is 0.0563. The van der Waals surface area contributed by atoms with E-state index < -0.39 is 5.97 Å². The number of hydrogen-bond acceptors (Lipinski definition) is 4. The van der Waals surface area contributed by atoms with Gasteiger partial charge in [-0.25, -0.2) is 4.79 Å². The first-order chi connectivity index (χ1) is 6.29. The summed E-state index contributed by atoms with van der Waals surface area (Å²) >= 11 is 0. The molecule has 0 saturated carbocycles. The quantitative estimate of drug-likeness (QED) is 0.517. The molecule has 70 valence electrons. The van der Waals surface area contributed by atoms with Crippen LogP contribution >= 0.6 is 0 Å². The molecule has 4 nitrogen and oxygen atoms in total. The third-order valence-corrected chi connectivity index (χ3v) is 1.88. The normalized spacial score (nSPS) is 19.9. The first-order valence-corrected chi connectivity index (χ1v) is 4.08. The number of epoxide rings is 1. The minimum absolute atomic E-state index is 0.248. The molecule has 1 aromatic rings. The molecule has 0 spiro atoms. The monoisotopic (exact) mass is 182 g/mol. The van der Waals surface area contributed by atoms with Crippen molar-refractivity contribution in [2.45, 2.75) is 12.5 Å². The SMILES string of the molecule is COC(=O)c1ccc(CC2CO2)o1. The molecule has 1 unspecified atom stereocenters. The highest BCUT2D eigenvalue weighted by Gasteiger charge is 2.24. The van der Waals surface area contributed by atoms with Crippen LogP contribution in [-0.2, 0) is 15.9 Å². The molecule has 0 aromatic carbocycles. The first kappa shape index (κ1) is 8.31. The van der Waals surface area contributed by atoms with E-state index in [1.807, 2.05) is 0 Å². The lowest BCUT2D eigenvalue weighted by Gasteiger charge is -1.93. The fraction of sp³-hybridized carbons (Fsp3) is 0.444. The average Bonchev–Trinajstić information content (AvgIpc) is 2.81. The van der Waals surface area contributed by atoms with Crippen molar-refractivity contribution in [3.8, 4) is 0 Å². The maximum atomic E-state index is 11.0. The number of carbonyl (C=O) groups excluding carboxylic acids is 1. The van der Waals surface area contributed by atoms with Gasteiger partial charge in [-0.05, 0) is 12.1 Å². The maximum absolute atomic E-state index is 11.0. The van der Waals surface area contributed by atoms with Crippen LogP contribution in [0.1, 0.15) is 16.3 Å². The molecule has 1 aromatic heterocycles. The van der Waals surface area contributed by atoms with Gasteiger partial charge in [0.05, 0.1) is 19.8 Å². The van der Waals surface area contributed by atoms with E-state index in [4.69, 9.17) is 9.15 Å². The Hall–Kier alpha value is -1.29. The molecule has 2 heterocycles. The zero-order valence-corrected chi connectivity index (χ0v) is 7.28. The summed E-state index contributed by atoms with van der Waals surface area (Å²) in [6.45, 7) is 0.786. The van der Waals surface area contributed by atoms with Gasteiger partial charge in [0.2, 0.25) is 5.76 Å². The van der Waals surface area contributed by atoms with Crippen molar-refractivity contribution in [2.75, 3.05) is 13.7 Å². The Bertz CT molecular complexity index is 311. The molecule has 1 saturated heterocycles. The summed E-state index contributed by atoms with van der Waals surface area (Å²) in [6.07, 6.45) is 1.01. The predicted octanol–water partition coefficient (Wildman–Crippen LogP) is 1.01. The van der Waals surface area contributed by atoms with Crippen LogP contribution in [0.2, 0.25) is 0 Å². The lowest BCUT2D eigenvalue weighted by Crippen LogP contribution is -1.98. The Labute approximate surface area is 75.4 Å². The van der Waals surface area contributed by atoms with Crippen LogP contribution < -0.4 is 0 Å². The molecule has 1 aliphatic heterocycles. The van der Waals surface area contributed by atoms with Gasteiger partial charge in [0.25, 0.3) is 0 Å². The number of rotatable bonds is 3. The Morgan fingerprint density at radius 2 is 2.46 bits per heavy atom. The van der Waals surface area contributed by atoms with E-state index in [0.717, 1.165) is 18.8 Å². The number of furan rings is 1. The fourth-order valence-corrected chi connectivity index (χ4v) is 1.11. The Morgan fingerprint density at radius 1 is 1.69 bits per heavy atom. The van der Waals surface area contributed by atoms with E-state index >= 15 is 0 Å². The Morgan fingerprint density at radius 3 is 3.08 bits per heavy atom. The molecule has 1 aliphatic rings. The van der Waals surface area contributed by atoms with E-state index in [2.05, 4.69) is 4.74 Å². The molecule has 0 aliphatic carbocycles. The van der Waals surface area contributed by atoms with Gasteiger partial charge in [-0.3, -0.25) is 0 Å². The summed E-state index contributed by atoms with van der Waals surface area (Å²) in [5.41, 5.74) is 0. The average molecular weight is 182 g/mol. The van der Waals surface area contributed by atoms with E-state index in [0.29, 0.717) is 0 Å². The second-order valence-corrected chi connectivity index (χ2v) is 2.92. The smallest absolute Gasteiger partial charge is 0.373 e. The van der Waals surface area contributed by atoms with Crippen LogP contribution in [0.3, 0.4) is 0 Å². The van der Waals surface area contributed by atoms with Crippen LogP contribution in [0.15, 0.2) is 16.5 Å². The summed E-state index contributed by atoms with van der Waals surface area (Å²) in [4.78, 5) is 11.0. The van der Waals surface area contributed by atoms with Gasteiger partial charge in [0, 0.05) is 6.42 Å². The third-order valence-electron chi connectivity index (χ3n) is 1.88. The minimum Gasteiger partial charge on any atom is -0.463 e. The summed E-state index contributed by atoms with van der Waals surface area (Å²) in [7, 11) is 1.33. The van der Waals surface area contributed by atoms with Crippen molar-refractivity contribution in [3.63, 3.8) is 0 Å². The molecule has 1 fully saturated rings. The van der Waals surface area contributed by atoms with Crippen LogP contribution in [0.25, 0.3) is 0 Å². The van der Waals surface area contributed by atoms with Crippen LogP contribution in [-0.4, -0.2) is 25.8 Å². The van der Waals surface area contributed by atoms with Crippen molar-refractivity contribution >= 4 is 5.97 Å². The van der Waals surface area contributed by atoms with Crippen LogP contribution in [0.5, 0.6) is 0 Å². The van der Waals surface area contributed by atoms with E-state index in [1.54, 1.807) is 12.1 Å². The van der Waals surface area contributed by atoms with Gasteiger partial charge in [-0.15, -0.1) is 0 Å². The highest BCUT2D eigenvalue weighted by atomic mass is 16.6. The van der Waals surface area contributed by atoms with E-state index in [-0.39, 0.29) is 11.9 Å². The molecule has 2 rings (SSSR count). The highest BCUT2D eigenvalue weighted by molar-refractivity contribution is 5.86. The summed E-state index contributed by atoms with van der Waals surface area (Å²) in [6, 6.07) is 3.39. The van der Waals surface area contributed by atoms with Crippen molar-refractivity contribution < 1.29 is 18.7 Å². The standard InChI is InChI=1S/C9H10O4/c1-11-9(10)8-3-2-6(13-8)4-7-5-12-7/h2-3,7H,4-5H2,1H3. The number of methoxy groups -OCH3 is 1. The molecule has 1 atom stereocenters. The van der Waals surface area contributed by atoms with Crippen LogP contribution in [0.4, 0.5) is 0 Å². The summed E-state index contributed by atoms with van der Waals surface area (Å²) < 4.78 is 14.8. The molecule has 0 radical (unpaired) electrons. The zero-order chi connectivity index (χ0) is 9.26. The van der Waals surface area contributed by atoms with Gasteiger partial charge in [-0.2, -0.15) is 0 Å². The number of hydrogen-bond donors (Lipinski definition) is 0. The topological polar surface area (TPSA) is 52.0 Å².